The summed E-state index contributed by atoms with van der Waals surface area (Å²) in [6.45, 7) is 6.97. The smallest absolute Gasteiger partial charge is 0.310 e. The summed E-state index contributed by atoms with van der Waals surface area (Å²) in [5.41, 5.74) is 3.31. The molecule has 3 heterocycles. The van der Waals surface area contributed by atoms with Crippen LogP contribution in [0.15, 0.2) is 73.1 Å². The van der Waals surface area contributed by atoms with Crippen molar-refractivity contribution in [3.05, 3.63) is 88.4 Å². The van der Waals surface area contributed by atoms with Crippen LogP contribution < -0.4 is 5.32 Å². The maximum Gasteiger partial charge on any atom is 0.310 e. The minimum atomic E-state index is -0.814. The lowest BCUT2D eigenvalue weighted by Gasteiger charge is -2.24. The molecule has 44 heavy (non-hydrogen) atoms. The van der Waals surface area contributed by atoms with Crippen LogP contribution in [0.1, 0.15) is 47.3 Å². The quantitative estimate of drug-likeness (QED) is 0.261. The predicted molar refractivity (Wildman–Crippen MR) is 169 cm³/mol. The monoisotopic (exact) mass is 612 g/mol. The van der Waals surface area contributed by atoms with Gasteiger partial charge in [0.2, 0.25) is 5.91 Å². The predicted octanol–water partition coefficient (Wildman–Crippen LogP) is 5.24. The normalized spacial score (nSPS) is 15.5. The molecular formula is C34H36N4O5S. The molecule has 1 aliphatic heterocycles. The van der Waals surface area contributed by atoms with Crippen molar-refractivity contribution in [2.75, 3.05) is 20.2 Å². The van der Waals surface area contributed by atoms with Gasteiger partial charge in [-0.2, -0.15) is 0 Å². The van der Waals surface area contributed by atoms with Crippen LogP contribution in [-0.4, -0.2) is 64.0 Å². The van der Waals surface area contributed by atoms with Crippen LogP contribution in [0.5, 0.6) is 5.75 Å². The van der Waals surface area contributed by atoms with Crippen molar-refractivity contribution >= 4 is 29.1 Å². The number of carbonyl (C=O) groups excluding carboxylic acids is 3. The van der Waals surface area contributed by atoms with Crippen molar-refractivity contribution in [1.29, 1.82) is 0 Å². The van der Waals surface area contributed by atoms with Gasteiger partial charge in [-0.25, -0.2) is 9.97 Å². The van der Waals surface area contributed by atoms with E-state index in [1.54, 1.807) is 47.6 Å². The first-order valence-corrected chi connectivity index (χ1v) is 15.3. The van der Waals surface area contributed by atoms with Crippen LogP contribution in [0.4, 0.5) is 0 Å². The Bertz CT molecular complexity index is 1630. The van der Waals surface area contributed by atoms with Gasteiger partial charge < -0.3 is 20.1 Å². The number of methoxy groups -OCH3 is 1. The molecule has 5 rings (SSSR count). The van der Waals surface area contributed by atoms with E-state index in [0.29, 0.717) is 23.7 Å². The molecule has 9 nitrogen and oxygen atoms in total. The van der Waals surface area contributed by atoms with E-state index in [9.17, 15) is 19.5 Å². The number of hydrogen-bond acceptors (Lipinski definition) is 8. The Hall–Kier alpha value is -4.57. The number of esters is 1. The minimum absolute atomic E-state index is 0.0891. The van der Waals surface area contributed by atoms with Crippen molar-refractivity contribution in [1.82, 2.24) is 20.2 Å². The van der Waals surface area contributed by atoms with E-state index in [1.807, 2.05) is 30.3 Å². The first-order chi connectivity index (χ1) is 21.0. The molecule has 0 spiro atoms. The second-order valence-corrected chi connectivity index (χ2v) is 13.1. The molecule has 4 aromatic rings. The number of phenolic OH excluding ortho intramolecular Hbond substituents is 1. The van der Waals surface area contributed by atoms with Crippen LogP contribution in [0.3, 0.4) is 0 Å². The highest BCUT2D eigenvalue weighted by Gasteiger charge is 2.35. The lowest BCUT2D eigenvalue weighted by atomic mass is 9.95. The topological polar surface area (TPSA) is 122 Å². The molecule has 2 aromatic heterocycles. The van der Waals surface area contributed by atoms with Gasteiger partial charge in [-0.1, -0.05) is 57.2 Å². The number of phenols is 1. The Morgan fingerprint density at radius 2 is 1.64 bits per heavy atom. The Morgan fingerprint density at radius 3 is 2.25 bits per heavy atom. The number of amides is 2. The molecular weight excluding hydrogens is 576 g/mol. The van der Waals surface area contributed by atoms with Gasteiger partial charge >= 0.3 is 5.97 Å². The van der Waals surface area contributed by atoms with Crippen LogP contribution in [0.2, 0.25) is 0 Å². The number of nitrogens with one attached hydrogen (secondary N) is 1. The number of rotatable bonds is 8. The van der Waals surface area contributed by atoms with Crippen molar-refractivity contribution in [2.45, 2.75) is 45.1 Å². The summed E-state index contributed by atoms with van der Waals surface area (Å²) in [5, 5.41) is 12.5. The minimum Gasteiger partial charge on any atom is -0.508 e. The average Bonchev–Trinajstić information content (AvgIpc) is 3.72. The SMILES string of the molecule is COC(=O)[C@H]1CCN(C(=O)[C@H](Cc2ccc(-c3ncc(-c4ccc(O)cc4)cn3)cc2)NC(=O)c2ccc(C(C)(C)C)s2)C1. The summed E-state index contributed by atoms with van der Waals surface area (Å²) in [4.78, 5) is 51.4. The van der Waals surface area contributed by atoms with Crippen molar-refractivity contribution in [2.24, 2.45) is 5.92 Å². The molecule has 0 radical (unpaired) electrons. The summed E-state index contributed by atoms with van der Waals surface area (Å²) in [5.74, 6) is -0.476. The van der Waals surface area contributed by atoms with Gasteiger partial charge in [-0.05, 0) is 47.2 Å². The summed E-state index contributed by atoms with van der Waals surface area (Å²) >= 11 is 1.42. The molecule has 0 bridgehead atoms. The molecule has 2 atom stereocenters. The Morgan fingerprint density at radius 1 is 0.977 bits per heavy atom. The van der Waals surface area contributed by atoms with E-state index in [4.69, 9.17) is 4.74 Å². The van der Waals surface area contributed by atoms with Crippen LogP contribution >= 0.6 is 11.3 Å². The number of nitrogens with zero attached hydrogens (tertiary/aromatic N) is 3. The zero-order valence-corrected chi connectivity index (χ0v) is 26.1. The van der Waals surface area contributed by atoms with E-state index in [-0.39, 0.29) is 47.8 Å². The molecule has 228 valence electrons. The van der Waals surface area contributed by atoms with Gasteiger partial charge in [-0.3, -0.25) is 14.4 Å². The number of hydrogen-bond donors (Lipinski definition) is 2. The maximum atomic E-state index is 13.7. The highest BCUT2D eigenvalue weighted by atomic mass is 32.1. The fourth-order valence-electron chi connectivity index (χ4n) is 5.14. The lowest BCUT2D eigenvalue weighted by Crippen LogP contribution is -2.49. The number of likely N-dealkylation sites (tertiary alicyclic amines) is 1. The number of aromatic nitrogens is 2. The van der Waals surface area contributed by atoms with Gasteiger partial charge in [0.05, 0.1) is 17.9 Å². The average molecular weight is 613 g/mol. The van der Waals surface area contributed by atoms with E-state index in [1.165, 1.54) is 18.4 Å². The molecule has 1 fully saturated rings. The Labute approximate surface area is 260 Å². The van der Waals surface area contributed by atoms with Crippen molar-refractivity contribution in [3.63, 3.8) is 0 Å². The summed E-state index contributed by atoms with van der Waals surface area (Å²) in [6.07, 6.45) is 4.28. The zero-order valence-electron chi connectivity index (χ0n) is 25.2. The molecule has 10 heteroatoms. The summed E-state index contributed by atoms with van der Waals surface area (Å²) < 4.78 is 4.89. The maximum absolute atomic E-state index is 13.7. The van der Waals surface area contributed by atoms with Crippen molar-refractivity contribution < 1.29 is 24.2 Å². The number of ether oxygens (including phenoxy) is 1. The third-order valence-corrected chi connectivity index (χ3v) is 9.22. The Balaban J connectivity index is 1.32. The fourth-order valence-corrected chi connectivity index (χ4v) is 6.10. The van der Waals surface area contributed by atoms with E-state index < -0.39 is 6.04 Å². The highest BCUT2D eigenvalue weighted by Crippen LogP contribution is 2.30. The number of carbonyl (C=O) groups is 3. The summed E-state index contributed by atoms with van der Waals surface area (Å²) in [7, 11) is 1.35. The molecule has 0 aliphatic carbocycles. The third kappa shape index (κ3) is 7.14. The summed E-state index contributed by atoms with van der Waals surface area (Å²) in [6, 6.07) is 17.4. The standard InChI is InChI=1S/C34H36N4O5S/c1-34(2,3)29-14-13-28(44-29)31(40)37-27(32(41)38-16-15-24(20-38)33(42)43-4)17-21-5-7-23(8-6-21)30-35-18-25(19-36-30)22-9-11-26(39)12-10-22/h5-14,18-19,24,27,39H,15-17,20H2,1-4H3,(H,37,40)/t24-,27-/m0/s1. The van der Waals surface area contributed by atoms with Crippen molar-refractivity contribution in [3.8, 4) is 28.3 Å². The van der Waals surface area contributed by atoms with Gasteiger partial charge in [-0.15, -0.1) is 11.3 Å². The molecule has 0 unspecified atom stereocenters. The molecule has 1 saturated heterocycles. The zero-order chi connectivity index (χ0) is 31.4. The molecule has 0 saturated carbocycles. The van der Waals surface area contributed by atoms with Gasteiger partial charge in [0.1, 0.15) is 11.8 Å². The second-order valence-electron chi connectivity index (χ2n) is 12.0. The first-order valence-electron chi connectivity index (χ1n) is 14.5. The molecule has 2 aromatic carbocycles. The van der Waals surface area contributed by atoms with Crippen LogP contribution in [0.25, 0.3) is 22.5 Å². The largest absolute Gasteiger partial charge is 0.508 e. The van der Waals surface area contributed by atoms with E-state index >= 15 is 0 Å². The van der Waals surface area contributed by atoms with Gasteiger partial charge in [0, 0.05) is 47.9 Å². The number of benzene rings is 2. The van der Waals surface area contributed by atoms with Gasteiger partial charge in [0.15, 0.2) is 5.82 Å². The fraction of sp³-hybridized carbons (Fsp3) is 0.324. The molecule has 1 aliphatic rings. The third-order valence-electron chi connectivity index (χ3n) is 7.71. The molecule has 2 N–H and O–H groups in total. The Kier molecular flexibility index (Phi) is 9.10. The lowest BCUT2D eigenvalue weighted by molar-refractivity contribution is -0.145. The van der Waals surface area contributed by atoms with Crippen LogP contribution in [-0.2, 0) is 26.2 Å². The van der Waals surface area contributed by atoms with E-state index in [2.05, 4.69) is 36.1 Å². The molecule has 2 amide bonds. The van der Waals surface area contributed by atoms with Gasteiger partial charge in [0.25, 0.3) is 5.91 Å². The number of thiophene rings is 1. The second kappa shape index (κ2) is 13.0. The van der Waals surface area contributed by atoms with E-state index in [0.717, 1.165) is 27.1 Å². The first kappa shape index (κ1) is 30.9. The number of aromatic hydroxyl groups is 1. The van der Waals surface area contributed by atoms with Crippen LogP contribution in [0, 0.1) is 5.92 Å². The highest BCUT2D eigenvalue weighted by molar-refractivity contribution is 7.14.